The molecule has 1 aliphatic carbocycles. The van der Waals surface area contributed by atoms with Crippen molar-refractivity contribution in [3.05, 3.63) is 18.1 Å². The Hall–Kier alpha value is -1.65. The maximum atomic E-state index is 10.7. The molecule has 0 spiro atoms. The number of carboxylic acids is 1. The lowest BCUT2D eigenvalue weighted by Gasteiger charge is -2.22. The van der Waals surface area contributed by atoms with Gasteiger partial charge < -0.3 is 10.0 Å². The predicted molar refractivity (Wildman–Crippen MR) is 68.8 cm³/mol. The van der Waals surface area contributed by atoms with Crippen LogP contribution in [0.1, 0.15) is 43.8 Å². The van der Waals surface area contributed by atoms with Crippen LogP contribution < -0.4 is 4.90 Å². The molecule has 0 aliphatic heterocycles. The summed E-state index contributed by atoms with van der Waals surface area (Å²) in [6, 6.07) is 1.76. The molecule has 5 nitrogen and oxygen atoms in total. The second-order valence-corrected chi connectivity index (χ2v) is 4.86. The average molecular weight is 249 g/mol. The number of likely N-dealkylation sites (N-methyl/N-ethyl adjacent to an activating group) is 1. The number of hydrogen-bond donors (Lipinski definition) is 1. The van der Waals surface area contributed by atoms with Crippen molar-refractivity contribution in [2.75, 3.05) is 18.5 Å². The first-order chi connectivity index (χ1) is 8.66. The molecule has 18 heavy (non-hydrogen) atoms. The quantitative estimate of drug-likeness (QED) is 0.884. The number of hydrogen-bond acceptors (Lipinski definition) is 4. The molecule has 1 aliphatic rings. The molecule has 1 saturated carbocycles. The monoisotopic (exact) mass is 249 g/mol. The third kappa shape index (κ3) is 3.18. The summed E-state index contributed by atoms with van der Waals surface area (Å²) < 4.78 is 0. The van der Waals surface area contributed by atoms with E-state index in [1.807, 2.05) is 0 Å². The van der Waals surface area contributed by atoms with Gasteiger partial charge >= 0.3 is 5.97 Å². The number of aliphatic carboxylic acids is 1. The standard InChI is InChI=1S/C13H19N3O2/c1-16(9-12(17)18)11-7-8-14-13(15-11)10-5-3-2-4-6-10/h7-8,10H,2-6,9H2,1H3,(H,17,18). The predicted octanol–water partition coefficient (Wildman–Crippen LogP) is 2.05. The summed E-state index contributed by atoms with van der Waals surface area (Å²) in [4.78, 5) is 21.2. The maximum absolute atomic E-state index is 10.7. The van der Waals surface area contributed by atoms with Crippen molar-refractivity contribution < 1.29 is 9.90 Å². The third-order valence-corrected chi connectivity index (χ3v) is 3.39. The van der Waals surface area contributed by atoms with Gasteiger partial charge in [-0.15, -0.1) is 0 Å². The van der Waals surface area contributed by atoms with Gasteiger partial charge in [-0.2, -0.15) is 0 Å². The number of carbonyl (C=O) groups is 1. The van der Waals surface area contributed by atoms with E-state index in [1.165, 1.54) is 19.3 Å². The lowest BCUT2D eigenvalue weighted by atomic mass is 9.89. The van der Waals surface area contributed by atoms with E-state index in [1.54, 1.807) is 24.2 Å². The zero-order valence-corrected chi connectivity index (χ0v) is 10.7. The van der Waals surface area contributed by atoms with Crippen LogP contribution in [0.25, 0.3) is 0 Å². The van der Waals surface area contributed by atoms with Gasteiger partial charge in [-0.05, 0) is 18.9 Å². The van der Waals surface area contributed by atoms with Gasteiger partial charge in [-0.3, -0.25) is 4.79 Å². The molecule has 0 unspecified atom stereocenters. The molecule has 0 aromatic carbocycles. The Bertz CT molecular complexity index is 416. The third-order valence-electron chi connectivity index (χ3n) is 3.39. The number of anilines is 1. The second-order valence-electron chi connectivity index (χ2n) is 4.86. The summed E-state index contributed by atoms with van der Waals surface area (Å²) in [6.45, 7) is -0.0406. The van der Waals surface area contributed by atoms with Crippen LogP contribution in [0.15, 0.2) is 12.3 Å². The number of nitrogens with zero attached hydrogens (tertiary/aromatic N) is 3. The zero-order valence-electron chi connectivity index (χ0n) is 10.7. The molecular formula is C13H19N3O2. The molecule has 1 N–H and O–H groups in total. The lowest BCUT2D eigenvalue weighted by molar-refractivity contribution is -0.135. The molecule has 1 aromatic rings. The van der Waals surface area contributed by atoms with E-state index in [2.05, 4.69) is 9.97 Å². The molecule has 0 atom stereocenters. The Balaban J connectivity index is 2.11. The molecule has 98 valence electrons. The van der Waals surface area contributed by atoms with E-state index in [9.17, 15) is 4.79 Å². The highest BCUT2D eigenvalue weighted by molar-refractivity contribution is 5.72. The number of rotatable bonds is 4. The van der Waals surface area contributed by atoms with Gasteiger partial charge in [0.2, 0.25) is 0 Å². The fourth-order valence-electron chi connectivity index (χ4n) is 2.42. The zero-order chi connectivity index (χ0) is 13.0. The van der Waals surface area contributed by atoms with Crippen LogP contribution in [0, 0.1) is 0 Å². The summed E-state index contributed by atoms with van der Waals surface area (Å²) in [5.74, 6) is 1.14. The van der Waals surface area contributed by atoms with Crippen LogP contribution in [0.4, 0.5) is 5.82 Å². The summed E-state index contributed by atoms with van der Waals surface area (Å²) in [7, 11) is 1.74. The lowest BCUT2D eigenvalue weighted by Crippen LogP contribution is -2.26. The molecule has 1 aromatic heterocycles. The molecule has 0 radical (unpaired) electrons. The highest BCUT2D eigenvalue weighted by Crippen LogP contribution is 2.30. The molecule has 0 amide bonds. The molecule has 0 saturated heterocycles. The van der Waals surface area contributed by atoms with E-state index < -0.39 is 5.97 Å². The topological polar surface area (TPSA) is 66.3 Å². The molecular weight excluding hydrogens is 230 g/mol. The Morgan fingerprint density at radius 1 is 1.44 bits per heavy atom. The molecule has 1 heterocycles. The van der Waals surface area contributed by atoms with Gasteiger partial charge in [-0.25, -0.2) is 9.97 Å². The first kappa shape index (κ1) is 12.8. The summed E-state index contributed by atoms with van der Waals surface area (Å²) >= 11 is 0. The van der Waals surface area contributed by atoms with Crippen LogP contribution in [0.2, 0.25) is 0 Å². The first-order valence-electron chi connectivity index (χ1n) is 6.42. The minimum absolute atomic E-state index is 0.0406. The largest absolute Gasteiger partial charge is 0.480 e. The summed E-state index contributed by atoms with van der Waals surface area (Å²) in [5.41, 5.74) is 0. The Labute approximate surface area is 107 Å². The summed E-state index contributed by atoms with van der Waals surface area (Å²) in [5, 5.41) is 8.78. The van der Waals surface area contributed by atoms with Crippen molar-refractivity contribution in [3.63, 3.8) is 0 Å². The Morgan fingerprint density at radius 3 is 2.83 bits per heavy atom. The van der Waals surface area contributed by atoms with Crippen molar-refractivity contribution >= 4 is 11.8 Å². The average Bonchev–Trinajstić information content (AvgIpc) is 2.39. The SMILES string of the molecule is CN(CC(=O)O)c1ccnc(C2CCCCC2)n1. The Kier molecular flexibility index (Phi) is 4.12. The van der Waals surface area contributed by atoms with Gasteiger partial charge in [0.05, 0.1) is 0 Å². The van der Waals surface area contributed by atoms with E-state index >= 15 is 0 Å². The minimum Gasteiger partial charge on any atom is -0.480 e. The fourth-order valence-corrected chi connectivity index (χ4v) is 2.42. The minimum atomic E-state index is -0.852. The van der Waals surface area contributed by atoms with Gasteiger partial charge in [0.25, 0.3) is 0 Å². The smallest absolute Gasteiger partial charge is 0.323 e. The molecule has 1 fully saturated rings. The summed E-state index contributed by atoms with van der Waals surface area (Å²) in [6.07, 6.45) is 7.80. The van der Waals surface area contributed by atoms with Gasteiger partial charge in [0, 0.05) is 19.2 Å². The first-order valence-corrected chi connectivity index (χ1v) is 6.42. The van der Waals surface area contributed by atoms with Crippen molar-refractivity contribution in [2.24, 2.45) is 0 Å². The highest BCUT2D eigenvalue weighted by Gasteiger charge is 2.19. The van der Waals surface area contributed by atoms with Crippen molar-refractivity contribution in [3.8, 4) is 0 Å². The van der Waals surface area contributed by atoms with E-state index in [0.717, 1.165) is 18.7 Å². The van der Waals surface area contributed by atoms with Crippen molar-refractivity contribution in [1.29, 1.82) is 0 Å². The highest BCUT2D eigenvalue weighted by atomic mass is 16.4. The van der Waals surface area contributed by atoms with Crippen LogP contribution >= 0.6 is 0 Å². The van der Waals surface area contributed by atoms with E-state index in [4.69, 9.17) is 5.11 Å². The molecule has 2 rings (SSSR count). The molecule has 0 bridgehead atoms. The van der Waals surface area contributed by atoms with Crippen molar-refractivity contribution in [1.82, 2.24) is 9.97 Å². The van der Waals surface area contributed by atoms with E-state index in [-0.39, 0.29) is 6.54 Å². The van der Waals surface area contributed by atoms with E-state index in [0.29, 0.717) is 11.7 Å². The second kappa shape index (κ2) is 5.80. The van der Waals surface area contributed by atoms with Crippen LogP contribution in [-0.2, 0) is 4.79 Å². The molecule has 5 heteroatoms. The fraction of sp³-hybridized carbons (Fsp3) is 0.615. The van der Waals surface area contributed by atoms with Gasteiger partial charge in [0.15, 0.2) is 0 Å². The van der Waals surface area contributed by atoms with Crippen LogP contribution in [-0.4, -0.2) is 34.6 Å². The number of carboxylic acid groups (broad SMARTS) is 1. The van der Waals surface area contributed by atoms with Crippen LogP contribution in [0.5, 0.6) is 0 Å². The Morgan fingerprint density at radius 2 is 2.17 bits per heavy atom. The maximum Gasteiger partial charge on any atom is 0.323 e. The van der Waals surface area contributed by atoms with Gasteiger partial charge in [-0.1, -0.05) is 19.3 Å². The number of aromatic nitrogens is 2. The van der Waals surface area contributed by atoms with Gasteiger partial charge in [0.1, 0.15) is 18.2 Å². The van der Waals surface area contributed by atoms with Crippen LogP contribution in [0.3, 0.4) is 0 Å². The normalized spacial score (nSPS) is 16.5. The van der Waals surface area contributed by atoms with Crippen molar-refractivity contribution in [2.45, 2.75) is 38.0 Å².